The van der Waals surface area contributed by atoms with Crippen molar-refractivity contribution in [2.45, 2.75) is 20.3 Å². The second-order valence-corrected chi connectivity index (χ2v) is 2.91. The fraction of sp³-hybridized carbons (Fsp3) is 0.250. The Kier molecular flexibility index (Phi) is 3.44. The lowest BCUT2D eigenvalue weighted by atomic mass is 10.0. The summed E-state index contributed by atoms with van der Waals surface area (Å²) in [5.74, 6) is 0. The maximum absolute atomic E-state index is 10.4. The highest BCUT2D eigenvalue weighted by molar-refractivity contribution is 5.76. The van der Waals surface area contributed by atoms with Crippen molar-refractivity contribution in [3.63, 3.8) is 0 Å². The van der Waals surface area contributed by atoms with Gasteiger partial charge in [-0.1, -0.05) is 37.3 Å². The van der Waals surface area contributed by atoms with E-state index in [0.717, 1.165) is 18.3 Å². The van der Waals surface area contributed by atoms with Crippen LogP contribution in [0.25, 0.3) is 5.57 Å². The Balaban J connectivity index is 2.97. The lowest BCUT2D eigenvalue weighted by Gasteiger charge is -2.03. The van der Waals surface area contributed by atoms with E-state index < -0.39 is 0 Å². The summed E-state index contributed by atoms with van der Waals surface area (Å²) >= 11 is 0. The molecule has 0 unspecified atom stereocenters. The molecule has 0 saturated heterocycles. The first-order valence-electron chi connectivity index (χ1n) is 4.52. The lowest BCUT2D eigenvalue weighted by molar-refractivity contribution is 0.112. The molecule has 0 spiro atoms. The molecule has 0 aliphatic heterocycles. The molecule has 0 saturated carbocycles. The molecule has 0 bridgehead atoms. The minimum atomic E-state index is 0.732. The van der Waals surface area contributed by atoms with Gasteiger partial charge in [0.15, 0.2) is 0 Å². The molecule has 1 aromatic rings. The average molecular weight is 174 g/mol. The van der Waals surface area contributed by atoms with E-state index in [-0.39, 0.29) is 0 Å². The Morgan fingerprint density at radius 3 is 2.31 bits per heavy atom. The lowest BCUT2D eigenvalue weighted by Crippen LogP contribution is -1.84. The highest BCUT2D eigenvalue weighted by atomic mass is 16.1. The number of carbonyl (C=O) groups excluding carboxylic acids is 1. The van der Waals surface area contributed by atoms with Crippen LogP contribution in [0.1, 0.15) is 36.2 Å². The van der Waals surface area contributed by atoms with Crippen LogP contribution in [-0.2, 0) is 0 Å². The van der Waals surface area contributed by atoms with Gasteiger partial charge in [-0.2, -0.15) is 0 Å². The number of hydrogen-bond acceptors (Lipinski definition) is 1. The van der Waals surface area contributed by atoms with Gasteiger partial charge in [-0.05, 0) is 24.5 Å². The fourth-order valence-electron chi connectivity index (χ4n) is 1.35. The molecule has 68 valence electrons. The van der Waals surface area contributed by atoms with Crippen LogP contribution in [0, 0.1) is 0 Å². The van der Waals surface area contributed by atoms with Crippen LogP contribution in [0.4, 0.5) is 0 Å². The van der Waals surface area contributed by atoms with E-state index in [9.17, 15) is 4.79 Å². The number of rotatable bonds is 3. The van der Waals surface area contributed by atoms with Crippen molar-refractivity contribution >= 4 is 11.9 Å². The predicted molar refractivity (Wildman–Crippen MR) is 55.8 cm³/mol. The molecule has 0 fully saturated rings. The molecular weight excluding hydrogens is 160 g/mol. The van der Waals surface area contributed by atoms with Gasteiger partial charge in [-0.25, -0.2) is 0 Å². The van der Waals surface area contributed by atoms with Gasteiger partial charge in [0.1, 0.15) is 6.29 Å². The first kappa shape index (κ1) is 9.72. The summed E-state index contributed by atoms with van der Waals surface area (Å²) < 4.78 is 0. The maximum atomic E-state index is 10.4. The molecule has 1 heteroatoms. The van der Waals surface area contributed by atoms with E-state index in [1.54, 1.807) is 0 Å². The predicted octanol–water partition coefficient (Wildman–Crippen LogP) is 3.31. The third-order valence-corrected chi connectivity index (χ3v) is 2.15. The molecule has 13 heavy (non-hydrogen) atoms. The molecule has 0 heterocycles. The van der Waals surface area contributed by atoms with Crippen molar-refractivity contribution < 1.29 is 4.79 Å². The van der Waals surface area contributed by atoms with Gasteiger partial charge in [0, 0.05) is 5.56 Å². The molecule has 1 nitrogen and oxygen atoms in total. The molecule has 0 aromatic heterocycles. The smallest absolute Gasteiger partial charge is 0.150 e. The minimum absolute atomic E-state index is 0.732. The number of hydrogen-bond donors (Lipinski definition) is 0. The zero-order valence-corrected chi connectivity index (χ0v) is 8.08. The molecule has 0 radical (unpaired) electrons. The first-order chi connectivity index (χ1) is 6.31. The van der Waals surface area contributed by atoms with Crippen molar-refractivity contribution in [2.75, 3.05) is 0 Å². The van der Waals surface area contributed by atoms with E-state index in [2.05, 4.69) is 13.0 Å². The van der Waals surface area contributed by atoms with Crippen LogP contribution in [0.2, 0.25) is 0 Å². The molecule has 0 atom stereocenters. The van der Waals surface area contributed by atoms with Crippen LogP contribution in [0.3, 0.4) is 0 Å². The zero-order chi connectivity index (χ0) is 9.68. The molecule has 1 aromatic carbocycles. The van der Waals surface area contributed by atoms with E-state index in [4.69, 9.17) is 0 Å². The molecule has 0 amide bonds. The van der Waals surface area contributed by atoms with Crippen molar-refractivity contribution in [3.05, 3.63) is 41.5 Å². The van der Waals surface area contributed by atoms with Crippen LogP contribution in [-0.4, -0.2) is 6.29 Å². The van der Waals surface area contributed by atoms with Crippen LogP contribution in [0.5, 0.6) is 0 Å². The van der Waals surface area contributed by atoms with Gasteiger partial charge in [0.2, 0.25) is 0 Å². The highest BCUT2D eigenvalue weighted by Crippen LogP contribution is 2.17. The number of aldehydes is 1. The van der Waals surface area contributed by atoms with Gasteiger partial charge < -0.3 is 0 Å². The first-order valence-corrected chi connectivity index (χ1v) is 4.52. The van der Waals surface area contributed by atoms with Crippen molar-refractivity contribution in [1.29, 1.82) is 0 Å². The van der Waals surface area contributed by atoms with E-state index in [1.165, 1.54) is 11.1 Å². The summed E-state index contributed by atoms with van der Waals surface area (Å²) in [5, 5.41) is 0. The molecule has 1 rings (SSSR count). The van der Waals surface area contributed by atoms with Gasteiger partial charge in [-0.3, -0.25) is 4.79 Å². The Morgan fingerprint density at radius 1 is 1.31 bits per heavy atom. The monoisotopic (exact) mass is 174 g/mol. The SMILES string of the molecule is C/C=C(\CC)c1ccc(C=O)cc1. The van der Waals surface area contributed by atoms with Crippen molar-refractivity contribution in [1.82, 2.24) is 0 Å². The standard InChI is InChI=1S/C12H14O/c1-3-11(4-2)12-7-5-10(9-13)6-8-12/h3,5-9H,4H2,1-2H3/b11-3+. The van der Waals surface area contributed by atoms with Gasteiger partial charge in [-0.15, -0.1) is 0 Å². The zero-order valence-electron chi connectivity index (χ0n) is 8.08. The summed E-state index contributed by atoms with van der Waals surface area (Å²) in [6, 6.07) is 7.67. The third kappa shape index (κ3) is 2.28. The van der Waals surface area contributed by atoms with Gasteiger partial charge in [0.05, 0.1) is 0 Å². The molecule has 0 aliphatic carbocycles. The molecule has 0 N–H and O–H groups in total. The van der Waals surface area contributed by atoms with E-state index >= 15 is 0 Å². The topological polar surface area (TPSA) is 17.1 Å². The number of benzene rings is 1. The number of allylic oxidation sites excluding steroid dienone is 2. The van der Waals surface area contributed by atoms with Gasteiger partial charge >= 0.3 is 0 Å². The summed E-state index contributed by atoms with van der Waals surface area (Å²) in [4.78, 5) is 10.4. The molecular formula is C12H14O. The van der Waals surface area contributed by atoms with Gasteiger partial charge in [0.25, 0.3) is 0 Å². The number of carbonyl (C=O) groups is 1. The maximum Gasteiger partial charge on any atom is 0.150 e. The minimum Gasteiger partial charge on any atom is -0.298 e. The summed E-state index contributed by atoms with van der Waals surface area (Å²) in [6.07, 6.45) is 4.00. The summed E-state index contributed by atoms with van der Waals surface area (Å²) in [7, 11) is 0. The van der Waals surface area contributed by atoms with Crippen LogP contribution < -0.4 is 0 Å². The van der Waals surface area contributed by atoms with E-state index in [1.807, 2.05) is 31.2 Å². The normalized spacial score (nSPS) is 11.4. The second kappa shape index (κ2) is 4.61. The fourth-order valence-corrected chi connectivity index (χ4v) is 1.35. The molecule has 0 aliphatic rings. The van der Waals surface area contributed by atoms with E-state index in [0.29, 0.717) is 0 Å². The Bertz CT molecular complexity index is 306. The highest BCUT2D eigenvalue weighted by Gasteiger charge is 1.97. The van der Waals surface area contributed by atoms with Crippen LogP contribution >= 0.6 is 0 Å². The summed E-state index contributed by atoms with van der Waals surface area (Å²) in [6.45, 7) is 4.16. The van der Waals surface area contributed by atoms with Crippen molar-refractivity contribution in [2.24, 2.45) is 0 Å². The average Bonchev–Trinajstić information content (AvgIpc) is 2.21. The van der Waals surface area contributed by atoms with Crippen LogP contribution in [0.15, 0.2) is 30.3 Å². The Labute approximate surface area is 79.1 Å². The quantitative estimate of drug-likeness (QED) is 0.642. The largest absolute Gasteiger partial charge is 0.298 e. The Hall–Kier alpha value is -1.37. The second-order valence-electron chi connectivity index (χ2n) is 2.91. The third-order valence-electron chi connectivity index (χ3n) is 2.15. The Morgan fingerprint density at radius 2 is 1.92 bits per heavy atom. The summed E-state index contributed by atoms with van der Waals surface area (Å²) in [5.41, 5.74) is 3.25. The van der Waals surface area contributed by atoms with Crippen molar-refractivity contribution in [3.8, 4) is 0 Å².